The highest BCUT2D eigenvalue weighted by molar-refractivity contribution is 5.80. The molecule has 1 aromatic heterocycles. The zero-order valence-electron chi connectivity index (χ0n) is 15.8. The van der Waals surface area contributed by atoms with Gasteiger partial charge in [-0.25, -0.2) is 0 Å². The first-order valence-corrected chi connectivity index (χ1v) is 9.38. The highest BCUT2D eigenvalue weighted by Crippen LogP contribution is 2.26. The maximum absolute atomic E-state index is 12.5. The van der Waals surface area contributed by atoms with Crippen LogP contribution in [-0.2, 0) is 4.74 Å². The fraction of sp³-hybridized carbons (Fsp3) is 0.318. The Morgan fingerprint density at radius 3 is 2.50 bits per heavy atom. The molecule has 146 valence electrons. The molecule has 1 aliphatic heterocycles. The standard InChI is InChI=1S/C22H23NO5/c1-25-17-4-2-16(3-5-17)21-15-20(24)19-7-6-18(14-22(19)28-21)27-13-10-23-8-11-26-12-9-23/h2-7,14-15H,8-13H2,1H3. The van der Waals surface area contributed by atoms with Crippen molar-refractivity contribution >= 4 is 11.0 Å². The first-order valence-electron chi connectivity index (χ1n) is 9.38. The maximum Gasteiger partial charge on any atom is 0.193 e. The quantitative estimate of drug-likeness (QED) is 0.654. The van der Waals surface area contributed by atoms with Crippen LogP contribution in [-0.4, -0.2) is 51.5 Å². The summed E-state index contributed by atoms with van der Waals surface area (Å²) in [6, 6.07) is 14.3. The van der Waals surface area contributed by atoms with Crippen LogP contribution in [0.3, 0.4) is 0 Å². The minimum absolute atomic E-state index is 0.0769. The van der Waals surface area contributed by atoms with Crippen molar-refractivity contribution in [1.29, 1.82) is 0 Å². The monoisotopic (exact) mass is 381 g/mol. The van der Waals surface area contributed by atoms with Crippen LogP contribution in [0.1, 0.15) is 0 Å². The Kier molecular flexibility index (Phi) is 5.60. The van der Waals surface area contributed by atoms with E-state index in [9.17, 15) is 4.79 Å². The molecule has 0 radical (unpaired) electrons. The van der Waals surface area contributed by atoms with Crippen LogP contribution in [0.4, 0.5) is 0 Å². The molecule has 28 heavy (non-hydrogen) atoms. The molecule has 6 heteroatoms. The molecule has 1 fully saturated rings. The summed E-state index contributed by atoms with van der Waals surface area (Å²) in [7, 11) is 1.62. The molecule has 0 atom stereocenters. The molecule has 1 saturated heterocycles. The molecule has 2 aromatic carbocycles. The molecule has 6 nitrogen and oxygen atoms in total. The average Bonchev–Trinajstić information content (AvgIpc) is 2.74. The van der Waals surface area contributed by atoms with Gasteiger partial charge in [0, 0.05) is 37.3 Å². The van der Waals surface area contributed by atoms with Crippen molar-refractivity contribution in [2.45, 2.75) is 0 Å². The van der Waals surface area contributed by atoms with E-state index >= 15 is 0 Å². The fourth-order valence-electron chi connectivity index (χ4n) is 3.24. The second-order valence-electron chi connectivity index (χ2n) is 6.66. The topological polar surface area (TPSA) is 61.1 Å². The van der Waals surface area contributed by atoms with Gasteiger partial charge in [0.2, 0.25) is 0 Å². The van der Waals surface area contributed by atoms with Crippen LogP contribution in [0.2, 0.25) is 0 Å². The van der Waals surface area contributed by atoms with Gasteiger partial charge in [-0.2, -0.15) is 0 Å². The van der Waals surface area contributed by atoms with E-state index in [1.165, 1.54) is 6.07 Å². The van der Waals surface area contributed by atoms with Crippen LogP contribution in [0.5, 0.6) is 11.5 Å². The first kappa shape index (κ1) is 18.5. The van der Waals surface area contributed by atoms with Crippen LogP contribution >= 0.6 is 0 Å². The number of rotatable bonds is 6. The highest BCUT2D eigenvalue weighted by atomic mass is 16.5. The number of morpholine rings is 1. The van der Waals surface area contributed by atoms with Gasteiger partial charge in [0.15, 0.2) is 5.43 Å². The van der Waals surface area contributed by atoms with E-state index < -0.39 is 0 Å². The lowest BCUT2D eigenvalue weighted by Crippen LogP contribution is -2.38. The Bertz CT molecular complexity index is 990. The number of hydrogen-bond acceptors (Lipinski definition) is 6. The third kappa shape index (κ3) is 4.18. The molecule has 0 saturated carbocycles. The predicted octanol–water partition coefficient (Wildman–Crippen LogP) is 3.18. The minimum atomic E-state index is -0.0769. The summed E-state index contributed by atoms with van der Waals surface area (Å²) in [5.41, 5.74) is 1.26. The van der Waals surface area contributed by atoms with Gasteiger partial charge in [0.05, 0.1) is 25.7 Å². The third-order valence-electron chi connectivity index (χ3n) is 4.86. The van der Waals surface area contributed by atoms with Gasteiger partial charge in [-0.3, -0.25) is 9.69 Å². The van der Waals surface area contributed by atoms with Gasteiger partial charge < -0.3 is 18.6 Å². The summed E-state index contributed by atoms with van der Waals surface area (Å²) in [6.45, 7) is 4.83. The Morgan fingerprint density at radius 2 is 1.75 bits per heavy atom. The van der Waals surface area contributed by atoms with Crippen molar-refractivity contribution in [2.75, 3.05) is 46.6 Å². The van der Waals surface area contributed by atoms with E-state index in [-0.39, 0.29) is 5.43 Å². The minimum Gasteiger partial charge on any atom is -0.497 e. The molecule has 4 rings (SSSR count). The largest absolute Gasteiger partial charge is 0.497 e. The van der Waals surface area contributed by atoms with Gasteiger partial charge in [0.1, 0.15) is 29.4 Å². The van der Waals surface area contributed by atoms with Gasteiger partial charge in [-0.05, 0) is 36.4 Å². The van der Waals surface area contributed by atoms with Crippen LogP contribution < -0.4 is 14.9 Å². The lowest BCUT2D eigenvalue weighted by Gasteiger charge is -2.26. The summed E-state index contributed by atoms with van der Waals surface area (Å²) < 4.78 is 22.4. The predicted molar refractivity (Wildman–Crippen MR) is 107 cm³/mol. The first-order chi connectivity index (χ1) is 13.7. The Labute approximate surface area is 163 Å². The second kappa shape index (κ2) is 8.46. The van der Waals surface area contributed by atoms with Crippen molar-refractivity contribution in [3.05, 3.63) is 58.8 Å². The van der Waals surface area contributed by atoms with Gasteiger partial charge in [0.25, 0.3) is 0 Å². The third-order valence-corrected chi connectivity index (χ3v) is 4.86. The van der Waals surface area contributed by atoms with Gasteiger partial charge in [-0.1, -0.05) is 0 Å². The second-order valence-corrected chi connectivity index (χ2v) is 6.66. The maximum atomic E-state index is 12.5. The molecule has 0 spiro atoms. The lowest BCUT2D eigenvalue weighted by molar-refractivity contribution is 0.0322. The number of benzene rings is 2. The number of nitrogens with zero attached hydrogens (tertiary/aromatic N) is 1. The highest BCUT2D eigenvalue weighted by Gasteiger charge is 2.11. The molecule has 0 amide bonds. The van der Waals surface area contributed by atoms with E-state index in [1.807, 2.05) is 30.3 Å². The summed E-state index contributed by atoms with van der Waals surface area (Å²) in [6.07, 6.45) is 0. The number of hydrogen-bond donors (Lipinski definition) is 0. The Hall–Kier alpha value is -2.83. The van der Waals surface area contributed by atoms with Crippen LogP contribution in [0.15, 0.2) is 57.7 Å². The molecule has 0 unspecified atom stereocenters. The number of methoxy groups -OCH3 is 1. The molecule has 3 aromatic rings. The smallest absolute Gasteiger partial charge is 0.193 e. The van der Waals surface area contributed by atoms with Crippen LogP contribution in [0.25, 0.3) is 22.3 Å². The van der Waals surface area contributed by atoms with Crippen molar-refractivity contribution in [3.63, 3.8) is 0 Å². The Morgan fingerprint density at radius 1 is 1.00 bits per heavy atom. The molecule has 0 bridgehead atoms. The zero-order valence-corrected chi connectivity index (χ0v) is 15.8. The van der Waals surface area contributed by atoms with Crippen molar-refractivity contribution in [3.8, 4) is 22.8 Å². The molecular weight excluding hydrogens is 358 g/mol. The lowest BCUT2D eigenvalue weighted by atomic mass is 10.1. The molecule has 1 aliphatic rings. The Balaban J connectivity index is 1.52. The van der Waals surface area contributed by atoms with E-state index in [0.717, 1.165) is 44.2 Å². The number of fused-ring (bicyclic) bond motifs is 1. The number of ether oxygens (including phenoxy) is 3. The van der Waals surface area contributed by atoms with E-state index in [0.29, 0.717) is 29.1 Å². The van der Waals surface area contributed by atoms with Crippen molar-refractivity contribution in [1.82, 2.24) is 4.90 Å². The molecule has 2 heterocycles. The van der Waals surface area contributed by atoms with Crippen molar-refractivity contribution in [2.24, 2.45) is 0 Å². The van der Waals surface area contributed by atoms with Crippen LogP contribution in [0, 0.1) is 0 Å². The van der Waals surface area contributed by atoms with Crippen molar-refractivity contribution < 1.29 is 18.6 Å². The summed E-state index contributed by atoms with van der Waals surface area (Å²) in [4.78, 5) is 14.8. The van der Waals surface area contributed by atoms with Gasteiger partial charge in [-0.15, -0.1) is 0 Å². The van der Waals surface area contributed by atoms with E-state index in [2.05, 4.69) is 4.90 Å². The summed E-state index contributed by atoms with van der Waals surface area (Å²) in [5.74, 6) is 1.96. The zero-order chi connectivity index (χ0) is 19.3. The SMILES string of the molecule is COc1ccc(-c2cc(=O)c3ccc(OCCN4CCOCC4)cc3o2)cc1. The normalized spacial score (nSPS) is 14.9. The van der Waals surface area contributed by atoms with E-state index in [4.69, 9.17) is 18.6 Å². The summed E-state index contributed by atoms with van der Waals surface area (Å²) >= 11 is 0. The molecule has 0 N–H and O–H groups in total. The molecule has 0 aliphatic carbocycles. The fourth-order valence-corrected chi connectivity index (χ4v) is 3.24. The van der Waals surface area contributed by atoms with E-state index in [1.54, 1.807) is 19.2 Å². The van der Waals surface area contributed by atoms with Gasteiger partial charge >= 0.3 is 0 Å². The average molecular weight is 381 g/mol. The summed E-state index contributed by atoms with van der Waals surface area (Å²) in [5, 5.41) is 0.540. The molecular formula is C22H23NO5.